The molecule has 4 heterocycles. The fourth-order valence-electron chi connectivity index (χ4n) is 2.90. The summed E-state index contributed by atoms with van der Waals surface area (Å²) in [6, 6.07) is 5.86. The Kier molecular flexibility index (Phi) is 4.17. The molecule has 8 heteroatoms. The van der Waals surface area contributed by atoms with E-state index >= 15 is 0 Å². The van der Waals surface area contributed by atoms with Crippen LogP contribution in [0.25, 0.3) is 9.40 Å². The highest BCUT2D eigenvalue weighted by Gasteiger charge is 2.19. The molecule has 4 rings (SSSR count). The van der Waals surface area contributed by atoms with Crippen molar-refractivity contribution in [2.45, 2.75) is 6.54 Å². The number of rotatable bonds is 4. The van der Waals surface area contributed by atoms with Gasteiger partial charge in [-0.05, 0) is 18.2 Å². The molecule has 0 aromatic carbocycles. The minimum atomic E-state index is -0.842. The zero-order valence-electron chi connectivity index (χ0n) is 12.9. The van der Waals surface area contributed by atoms with Crippen LogP contribution in [0.3, 0.4) is 0 Å². The van der Waals surface area contributed by atoms with E-state index in [2.05, 4.69) is 25.8 Å². The predicted octanol–water partition coefficient (Wildman–Crippen LogP) is 2.77. The molecule has 3 aromatic heterocycles. The monoisotopic (exact) mass is 360 g/mol. The number of aromatic nitrogens is 2. The normalized spacial score (nSPS) is 15.9. The van der Waals surface area contributed by atoms with Crippen molar-refractivity contribution in [3.63, 3.8) is 0 Å². The molecule has 1 aliphatic rings. The minimum absolute atomic E-state index is 0.418. The van der Waals surface area contributed by atoms with Crippen LogP contribution in [0.4, 0.5) is 5.82 Å². The maximum absolute atomic E-state index is 11.0. The molecule has 0 aliphatic carbocycles. The van der Waals surface area contributed by atoms with E-state index in [-0.39, 0.29) is 0 Å². The van der Waals surface area contributed by atoms with Gasteiger partial charge in [-0.3, -0.25) is 4.90 Å². The van der Waals surface area contributed by atoms with Crippen LogP contribution < -0.4 is 4.90 Å². The lowest BCUT2D eigenvalue weighted by molar-refractivity contribution is 0.0702. The van der Waals surface area contributed by atoms with Gasteiger partial charge in [-0.2, -0.15) is 0 Å². The lowest BCUT2D eigenvalue weighted by Gasteiger charge is -2.35. The van der Waals surface area contributed by atoms with Gasteiger partial charge in [0, 0.05) is 53.2 Å². The van der Waals surface area contributed by atoms with Gasteiger partial charge in [-0.15, -0.1) is 22.7 Å². The topological polar surface area (TPSA) is 69.6 Å². The average Bonchev–Trinajstić information content (AvgIpc) is 3.15. The van der Waals surface area contributed by atoms with Crippen molar-refractivity contribution in [3.05, 3.63) is 40.5 Å². The van der Waals surface area contributed by atoms with Crippen LogP contribution in [0, 0.1) is 0 Å². The molecule has 1 fully saturated rings. The van der Waals surface area contributed by atoms with Crippen LogP contribution in [-0.2, 0) is 6.54 Å². The SMILES string of the molecule is O=C(O)c1cc2sc(CN3CCN(c4ccncn4)CC3)cc2s1. The largest absolute Gasteiger partial charge is 0.477 e. The summed E-state index contributed by atoms with van der Waals surface area (Å²) in [6.45, 7) is 4.83. The number of piperazine rings is 1. The molecule has 0 unspecified atom stereocenters. The van der Waals surface area contributed by atoms with Crippen LogP contribution in [0.5, 0.6) is 0 Å². The molecular weight excluding hydrogens is 344 g/mol. The zero-order valence-corrected chi connectivity index (χ0v) is 14.5. The molecule has 1 aliphatic heterocycles. The summed E-state index contributed by atoms with van der Waals surface area (Å²) in [5.74, 6) is 0.147. The first kappa shape index (κ1) is 15.5. The van der Waals surface area contributed by atoms with Gasteiger partial charge in [-0.25, -0.2) is 14.8 Å². The number of aromatic carboxylic acids is 1. The minimum Gasteiger partial charge on any atom is -0.477 e. The maximum Gasteiger partial charge on any atom is 0.345 e. The van der Waals surface area contributed by atoms with E-state index in [1.54, 1.807) is 29.9 Å². The van der Waals surface area contributed by atoms with E-state index < -0.39 is 5.97 Å². The third kappa shape index (κ3) is 3.12. The Labute approximate surface area is 147 Å². The molecule has 0 saturated carbocycles. The highest BCUT2D eigenvalue weighted by molar-refractivity contribution is 7.28. The molecule has 1 N–H and O–H groups in total. The van der Waals surface area contributed by atoms with Crippen molar-refractivity contribution in [1.82, 2.24) is 14.9 Å². The van der Waals surface area contributed by atoms with Crippen LogP contribution in [-0.4, -0.2) is 52.1 Å². The number of hydrogen-bond acceptors (Lipinski definition) is 7. The average molecular weight is 360 g/mol. The quantitative estimate of drug-likeness (QED) is 0.771. The molecular formula is C16H16N4O2S2. The summed E-state index contributed by atoms with van der Waals surface area (Å²) < 4.78 is 2.15. The zero-order chi connectivity index (χ0) is 16.5. The Balaban J connectivity index is 1.38. The highest BCUT2D eigenvalue weighted by Crippen LogP contribution is 2.34. The van der Waals surface area contributed by atoms with Gasteiger partial charge in [0.1, 0.15) is 17.0 Å². The first-order valence-corrected chi connectivity index (χ1v) is 9.31. The van der Waals surface area contributed by atoms with Gasteiger partial charge < -0.3 is 10.0 Å². The summed E-state index contributed by atoms with van der Waals surface area (Å²) in [6.07, 6.45) is 3.36. The number of fused-ring (bicyclic) bond motifs is 1. The molecule has 1 saturated heterocycles. The second-order valence-electron chi connectivity index (χ2n) is 5.69. The summed E-state index contributed by atoms with van der Waals surface area (Å²) >= 11 is 3.05. The Morgan fingerprint density at radius 1 is 1.17 bits per heavy atom. The van der Waals surface area contributed by atoms with Gasteiger partial charge in [-0.1, -0.05) is 0 Å². The van der Waals surface area contributed by atoms with Crippen LogP contribution in [0.15, 0.2) is 30.7 Å². The Morgan fingerprint density at radius 2 is 1.96 bits per heavy atom. The molecule has 0 amide bonds. The first-order valence-electron chi connectivity index (χ1n) is 7.68. The van der Waals surface area contributed by atoms with E-state index in [4.69, 9.17) is 5.11 Å². The molecule has 24 heavy (non-hydrogen) atoms. The van der Waals surface area contributed by atoms with E-state index in [9.17, 15) is 4.79 Å². The molecule has 0 radical (unpaired) electrons. The van der Waals surface area contributed by atoms with E-state index in [0.717, 1.165) is 47.9 Å². The maximum atomic E-state index is 11.0. The van der Waals surface area contributed by atoms with Gasteiger partial charge in [0.25, 0.3) is 0 Å². The third-order valence-electron chi connectivity index (χ3n) is 4.11. The Bertz CT molecular complexity index is 822. The third-order valence-corrected chi connectivity index (χ3v) is 6.38. The standard InChI is InChI=1S/C16H16N4O2S2/c21-16(22)14-8-13-12(24-14)7-11(23-13)9-19-3-5-20(6-4-19)15-1-2-17-10-18-15/h1-2,7-8,10H,3-6,9H2,(H,21,22). The lowest BCUT2D eigenvalue weighted by Crippen LogP contribution is -2.46. The van der Waals surface area contributed by atoms with Crippen molar-refractivity contribution in [2.75, 3.05) is 31.1 Å². The van der Waals surface area contributed by atoms with E-state index in [0.29, 0.717) is 4.88 Å². The molecule has 0 atom stereocenters. The second kappa shape index (κ2) is 6.46. The van der Waals surface area contributed by atoms with Gasteiger partial charge in [0.05, 0.1) is 0 Å². The van der Waals surface area contributed by atoms with Crippen molar-refractivity contribution in [1.29, 1.82) is 0 Å². The number of anilines is 1. The fourth-order valence-corrected chi connectivity index (χ4v) is 5.20. The van der Waals surface area contributed by atoms with Gasteiger partial charge in [0.15, 0.2) is 0 Å². The molecule has 0 spiro atoms. The van der Waals surface area contributed by atoms with Crippen LogP contribution >= 0.6 is 22.7 Å². The van der Waals surface area contributed by atoms with Crippen molar-refractivity contribution < 1.29 is 9.90 Å². The molecule has 124 valence electrons. The summed E-state index contributed by atoms with van der Waals surface area (Å²) in [5.41, 5.74) is 0. The number of carboxylic acid groups (broad SMARTS) is 1. The Morgan fingerprint density at radius 3 is 2.62 bits per heavy atom. The summed E-state index contributed by atoms with van der Waals surface area (Å²) in [7, 11) is 0. The molecule has 3 aromatic rings. The fraction of sp³-hybridized carbons (Fsp3) is 0.312. The predicted molar refractivity (Wildman–Crippen MR) is 96.2 cm³/mol. The van der Waals surface area contributed by atoms with Gasteiger partial charge >= 0.3 is 5.97 Å². The number of thiophene rings is 2. The first-order chi connectivity index (χ1) is 11.7. The second-order valence-corrected chi connectivity index (χ2v) is 7.94. The number of carbonyl (C=O) groups is 1. The van der Waals surface area contributed by atoms with Crippen molar-refractivity contribution in [2.24, 2.45) is 0 Å². The van der Waals surface area contributed by atoms with Crippen LogP contribution in [0.2, 0.25) is 0 Å². The van der Waals surface area contributed by atoms with E-state index in [1.165, 1.54) is 16.2 Å². The van der Waals surface area contributed by atoms with E-state index in [1.807, 2.05) is 6.07 Å². The van der Waals surface area contributed by atoms with Crippen molar-refractivity contribution in [3.8, 4) is 0 Å². The molecule has 0 bridgehead atoms. The summed E-state index contributed by atoms with van der Waals surface area (Å²) in [4.78, 5) is 25.7. The molecule has 6 nitrogen and oxygen atoms in total. The number of hydrogen-bond donors (Lipinski definition) is 1. The Hall–Kier alpha value is -2.03. The van der Waals surface area contributed by atoms with Crippen LogP contribution in [0.1, 0.15) is 14.5 Å². The number of carboxylic acids is 1. The van der Waals surface area contributed by atoms with Gasteiger partial charge in [0.2, 0.25) is 0 Å². The highest BCUT2D eigenvalue weighted by atomic mass is 32.1. The smallest absolute Gasteiger partial charge is 0.345 e. The number of nitrogens with zero attached hydrogens (tertiary/aromatic N) is 4. The van der Waals surface area contributed by atoms with Crippen molar-refractivity contribution >= 4 is 43.9 Å². The summed E-state index contributed by atoms with van der Waals surface area (Å²) in [5, 5.41) is 9.05. The lowest BCUT2D eigenvalue weighted by atomic mass is 10.3.